The summed E-state index contributed by atoms with van der Waals surface area (Å²) in [6, 6.07) is 10.8. The topological polar surface area (TPSA) is 135 Å². The Kier molecular flexibility index (Phi) is 7.97. The Labute approximate surface area is 273 Å². The van der Waals surface area contributed by atoms with Crippen molar-refractivity contribution in [3.8, 4) is 5.88 Å². The number of allylic oxidation sites excluding steroid dienone is 1. The van der Waals surface area contributed by atoms with Gasteiger partial charge >= 0.3 is 0 Å². The Bertz CT molecular complexity index is 1910. The minimum absolute atomic E-state index is 0.128. The number of para-hydroxylation sites is 1. The summed E-state index contributed by atoms with van der Waals surface area (Å²) in [7, 11) is -3.93. The van der Waals surface area contributed by atoms with Crippen LogP contribution in [0.15, 0.2) is 54.6 Å². The second-order valence-electron chi connectivity index (χ2n) is 13.7. The van der Waals surface area contributed by atoms with E-state index in [9.17, 15) is 27.2 Å². The molecule has 3 amide bonds. The highest BCUT2D eigenvalue weighted by atomic mass is 32.2. The first-order chi connectivity index (χ1) is 22.5. The molecular weight excluding hydrogens is 623 g/mol. The second kappa shape index (κ2) is 11.9. The lowest BCUT2D eigenvalue weighted by atomic mass is 10.1. The molecule has 12 heteroatoms. The molecule has 47 heavy (non-hydrogen) atoms. The van der Waals surface area contributed by atoms with E-state index in [-0.39, 0.29) is 49.3 Å². The molecule has 2 saturated carbocycles. The highest BCUT2D eigenvalue weighted by Gasteiger charge is 2.63. The summed E-state index contributed by atoms with van der Waals surface area (Å²) in [5.41, 5.74) is -0.807. The number of amides is 3. The van der Waals surface area contributed by atoms with E-state index >= 15 is 0 Å². The van der Waals surface area contributed by atoms with Crippen molar-refractivity contribution in [1.29, 1.82) is 0 Å². The molecule has 3 aromatic rings. The Balaban J connectivity index is 1.18. The summed E-state index contributed by atoms with van der Waals surface area (Å²) in [5, 5.41) is 4.92. The zero-order valence-corrected chi connectivity index (χ0v) is 27.2. The van der Waals surface area contributed by atoms with Crippen LogP contribution < -0.4 is 14.8 Å². The van der Waals surface area contributed by atoms with Gasteiger partial charge in [0.25, 0.3) is 5.91 Å². The molecule has 2 N–H and O–H groups in total. The van der Waals surface area contributed by atoms with Crippen LogP contribution in [0.2, 0.25) is 0 Å². The molecular formula is C35H39FN4O6S. The van der Waals surface area contributed by atoms with Crippen LogP contribution in [0.3, 0.4) is 0 Å². The third-order valence-corrected chi connectivity index (χ3v) is 12.4. The number of nitrogens with one attached hydrogen (secondary N) is 2. The molecule has 3 fully saturated rings. The number of halogens is 1. The van der Waals surface area contributed by atoms with Crippen LogP contribution in [-0.4, -0.2) is 65.0 Å². The van der Waals surface area contributed by atoms with Crippen LogP contribution >= 0.6 is 0 Å². The van der Waals surface area contributed by atoms with E-state index < -0.39 is 44.3 Å². The molecule has 10 nitrogen and oxygen atoms in total. The van der Waals surface area contributed by atoms with Gasteiger partial charge in [-0.3, -0.25) is 19.1 Å². The number of carbonyl (C=O) groups excluding carboxylic acids is 3. The number of hydrogen-bond acceptors (Lipinski definition) is 7. The van der Waals surface area contributed by atoms with Crippen LogP contribution in [0.5, 0.6) is 5.88 Å². The van der Waals surface area contributed by atoms with E-state index in [0.717, 1.165) is 31.1 Å². The number of ether oxygens (including phenoxy) is 1. The van der Waals surface area contributed by atoms with E-state index in [1.165, 1.54) is 17.0 Å². The molecule has 4 aliphatic rings. The Morgan fingerprint density at radius 2 is 1.85 bits per heavy atom. The smallest absolute Gasteiger partial charge is 0.259 e. The SMILES string of the molecule is CC1(S(=O)(=O)NC(=O)[C@@]23C[C@H]2/C=C\CCCCCCC(=O)N2C[C@H](Oc4nc5ccccc5c5cc(F)ccc45)C[C@H]2C(=O)N3)CC1. The maximum absolute atomic E-state index is 14.3. The van der Waals surface area contributed by atoms with Gasteiger partial charge in [-0.2, -0.15) is 0 Å². The quantitative estimate of drug-likeness (QED) is 0.300. The molecule has 4 atom stereocenters. The number of aromatic nitrogens is 1. The lowest BCUT2D eigenvalue weighted by Crippen LogP contribution is -2.57. The Hall–Kier alpha value is -4.06. The van der Waals surface area contributed by atoms with E-state index in [0.29, 0.717) is 35.6 Å². The van der Waals surface area contributed by atoms with Crippen LogP contribution in [0.1, 0.15) is 71.1 Å². The minimum Gasteiger partial charge on any atom is -0.472 e. The monoisotopic (exact) mass is 662 g/mol. The number of sulfonamides is 1. The van der Waals surface area contributed by atoms with Gasteiger partial charge < -0.3 is 15.0 Å². The zero-order valence-electron chi connectivity index (χ0n) is 26.3. The number of hydrogen-bond donors (Lipinski definition) is 2. The van der Waals surface area contributed by atoms with E-state index in [4.69, 9.17) is 9.72 Å². The van der Waals surface area contributed by atoms with Gasteiger partial charge in [0, 0.05) is 29.5 Å². The minimum atomic E-state index is -3.93. The molecule has 1 aromatic heterocycles. The summed E-state index contributed by atoms with van der Waals surface area (Å²) >= 11 is 0. The first-order valence-corrected chi connectivity index (χ1v) is 18.0. The first-order valence-electron chi connectivity index (χ1n) is 16.5. The number of fused-ring (bicyclic) bond motifs is 5. The molecule has 3 heterocycles. The Morgan fingerprint density at radius 1 is 1.06 bits per heavy atom. The highest BCUT2D eigenvalue weighted by Crippen LogP contribution is 2.47. The van der Waals surface area contributed by atoms with Crippen molar-refractivity contribution >= 4 is 49.4 Å². The maximum atomic E-state index is 14.3. The highest BCUT2D eigenvalue weighted by molar-refractivity contribution is 7.91. The molecule has 0 bridgehead atoms. The number of benzene rings is 2. The van der Waals surface area contributed by atoms with Crippen LogP contribution in [0, 0.1) is 11.7 Å². The molecule has 0 radical (unpaired) electrons. The fourth-order valence-corrected chi connectivity index (χ4v) is 8.22. The predicted molar refractivity (Wildman–Crippen MR) is 174 cm³/mol. The van der Waals surface area contributed by atoms with Gasteiger partial charge in [0.1, 0.15) is 23.5 Å². The van der Waals surface area contributed by atoms with Gasteiger partial charge in [-0.05, 0) is 75.1 Å². The van der Waals surface area contributed by atoms with Crippen molar-refractivity contribution in [1.82, 2.24) is 19.9 Å². The van der Waals surface area contributed by atoms with Crippen molar-refractivity contribution in [3.63, 3.8) is 0 Å². The fraction of sp³-hybridized carbons (Fsp3) is 0.486. The van der Waals surface area contributed by atoms with Crippen molar-refractivity contribution in [2.45, 2.75) is 93.6 Å². The van der Waals surface area contributed by atoms with Gasteiger partial charge in [-0.25, -0.2) is 17.8 Å². The van der Waals surface area contributed by atoms with E-state index in [1.807, 2.05) is 36.4 Å². The second-order valence-corrected chi connectivity index (χ2v) is 15.9. The number of carbonyl (C=O) groups is 3. The number of nitrogens with zero attached hydrogens (tertiary/aromatic N) is 2. The maximum Gasteiger partial charge on any atom is 0.259 e. The van der Waals surface area contributed by atoms with Crippen LogP contribution in [0.25, 0.3) is 21.7 Å². The molecule has 0 spiro atoms. The first kappa shape index (κ1) is 31.5. The molecule has 248 valence electrons. The summed E-state index contributed by atoms with van der Waals surface area (Å²) in [6.45, 7) is 1.73. The van der Waals surface area contributed by atoms with Crippen LogP contribution in [0.4, 0.5) is 4.39 Å². The largest absolute Gasteiger partial charge is 0.472 e. The molecule has 2 aromatic carbocycles. The average molecular weight is 663 g/mol. The van der Waals surface area contributed by atoms with Gasteiger partial charge in [0.2, 0.25) is 27.7 Å². The van der Waals surface area contributed by atoms with Gasteiger partial charge in [-0.15, -0.1) is 0 Å². The summed E-state index contributed by atoms with van der Waals surface area (Å²) in [5.74, 6) is -1.94. The van der Waals surface area contributed by atoms with E-state index in [1.54, 1.807) is 13.0 Å². The summed E-state index contributed by atoms with van der Waals surface area (Å²) < 4.78 is 48.0. The number of rotatable bonds is 5. The summed E-state index contributed by atoms with van der Waals surface area (Å²) in [6.07, 6.45) is 9.12. The predicted octanol–water partition coefficient (Wildman–Crippen LogP) is 4.66. The van der Waals surface area contributed by atoms with Crippen molar-refractivity contribution in [3.05, 3.63) is 60.4 Å². The molecule has 1 saturated heterocycles. The average Bonchev–Trinajstić information content (AvgIpc) is 3.92. The summed E-state index contributed by atoms with van der Waals surface area (Å²) in [4.78, 5) is 47.5. The van der Waals surface area contributed by atoms with Gasteiger partial charge in [0.05, 0.1) is 16.8 Å². The lowest BCUT2D eigenvalue weighted by molar-refractivity contribution is -0.139. The van der Waals surface area contributed by atoms with Crippen molar-refractivity contribution in [2.75, 3.05) is 6.54 Å². The number of pyridine rings is 1. The lowest BCUT2D eigenvalue weighted by Gasteiger charge is -2.27. The Morgan fingerprint density at radius 3 is 2.66 bits per heavy atom. The van der Waals surface area contributed by atoms with Crippen molar-refractivity contribution in [2.24, 2.45) is 5.92 Å². The van der Waals surface area contributed by atoms with Gasteiger partial charge in [0.15, 0.2) is 0 Å². The normalized spacial score (nSPS) is 28.4. The third-order valence-electron chi connectivity index (χ3n) is 10.3. The van der Waals surface area contributed by atoms with Crippen LogP contribution in [-0.2, 0) is 24.4 Å². The van der Waals surface area contributed by atoms with Gasteiger partial charge in [-0.1, -0.05) is 43.2 Å². The standard InChI is InChI=1S/C35H39FN4O6S/c1-34(16-17-34)47(44,45)39-33(43)35-20-22(35)10-6-4-2-3-5-7-13-30(41)40-21-24(19-29(40)31(42)38-35)46-32-26-15-14-23(36)18-27(26)25-11-8-9-12-28(25)37-32/h6,8-12,14-15,18,22,24,29H,2-5,7,13,16-17,19-21H2,1H3,(H,38,42)(H,39,43)/b10-6-/t22-,24-,29+,35-/m1/s1. The van der Waals surface area contributed by atoms with E-state index in [2.05, 4.69) is 10.0 Å². The molecule has 2 aliphatic carbocycles. The molecule has 2 aliphatic heterocycles. The van der Waals surface area contributed by atoms with Crippen molar-refractivity contribution < 1.29 is 31.9 Å². The molecule has 7 rings (SSSR count). The molecule has 0 unspecified atom stereocenters. The fourth-order valence-electron chi connectivity index (χ4n) is 6.91. The third kappa shape index (κ3) is 5.96. The zero-order chi connectivity index (χ0) is 33.0.